The Bertz CT molecular complexity index is 820. The number of Topliss-reactive ketones (excluding diaryl/α,β-unsaturated/α-hetero) is 1. The molecule has 6 nitrogen and oxygen atoms in total. The van der Waals surface area contributed by atoms with Crippen molar-refractivity contribution in [1.82, 2.24) is 14.8 Å². The van der Waals surface area contributed by atoms with Gasteiger partial charge in [-0.15, -0.1) is 10.2 Å². The number of nitriles is 1. The van der Waals surface area contributed by atoms with E-state index in [0.29, 0.717) is 16.3 Å². The first-order valence-electron chi connectivity index (χ1n) is 7.91. The molecule has 2 aromatic rings. The van der Waals surface area contributed by atoms with Crippen LogP contribution in [0.2, 0.25) is 0 Å². The van der Waals surface area contributed by atoms with E-state index in [4.69, 9.17) is 0 Å². The lowest BCUT2D eigenvalue weighted by molar-refractivity contribution is 0.0974. The maximum atomic E-state index is 12.7. The van der Waals surface area contributed by atoms with Crippen molar-refractivity contribution in [2.75, 3.05) is 6.26 Å². The highest BCUT2D eigenvalue weighted by Gasteiger charge is 2.29. The van der Waals surface area contributed by atoms with E-state index >= 15 is 0 Å². The second-order valence-electron chi connectivity index (χ2n) is 5.84. The molecule has 7 heteroatoms. The number of carbonyl (C=O) groups is 1. The van der Waals surface area contributed by atoms with E-state index in [1.54, 1.807) is 30.5 Å². The molecule has 1 aliphatic heterocycles. The van der Waals surface area contributed by atoms with Gasteiger partial charge < -0.3 is 4.57 Å². The molecule has 0 N–H and O–H groups in total. The molecule has 0 unspecified atom stereocenters. The first kappa shape index (κ1) is 16.5. The summed E-state index contributed by atoms with van der Waals surface area (Å²) in [4.78, 5) is 13.4. The molecule has 2 atom stereocenters. The molecule has 124 valence electrons. The number of carbonyl (C=O) groups excluding carboxylic acids is 1. The number of hydrogen-bond donors (Lipinski definition) is 0. The van der Waals surface area contributed by atoms with Crippen molar-refractivity contribution >= 4 is 16.6 Å². The fraction of sp³-hybridized carbons (Fsp3) is 0.412. The highest BCUT2D eigenvalue weighted by molar-refractivity contribution is 7.84. The van der Waals surface area contributed by atoms with Crippen LogP contribution < -0.4 is 0 Å². The van der Waals surface area contributed by atoms with Crippen molar-refractivity contribution in [3.05, 3.63) is 41.5 Å². The van der Waals surface area contributed by atoms with Crippen LogP contribution in [0.5, 0.6) is 0 Å². The number of nitrogens with zero attached hydrogens (tertiary/aromatic N) is 4. The average molecular weight is 342 g/mol. The molecule has 1 aromatic heterocycles. The van der Waals surface area contributed by atoms with Gasteiger partial charge in [-0.3, -0.25) is 9.00 Å². The Morgan fingerprint density at radius 3 is 2.67 bits per heavy atom. The molecule has 0 saturated carbocycles. The Labute approximate surface area is 143 Å². The lowest BCUT2D eigenvalue weighted by Crippen LogP contribution is -2.17. The van der Waals surface area contributed by atoms with Gasteiger partial charge in [0.25, 0.3) is 0 Å². The van der Waals surface area contributed by atoms with E-state index < -0.39 is 16.7 Å². The molecule has 0 amide bonds. The fourth-order valence-electron chi connectivity index (χ4n) is 2.93. The van der Waals surface area contributed by atoms with Crippen LogP contribution in [-0.2, 0) is 23.8 Å². The molecule has 0 bridgehead atoms. The molecule has 1 aromatic carbocycles. The van der Waals surface area contributed by atoms with Gasteiger partial charge in [0.2, 0.25) is 0 Å². The summed E-state index contributed by atoms with van der Waals surface area (Å²) in [5, 5.41) is 17.8. The van der Waals surface area contributed by atoms with Crippen LogP contribution in [0.4, 0.5) is 0 Å². The summed E-state index contributed by atoms with van der Waals surface area (Å²) < 4.78 is 13.4. The van der Waals surface area contributed by atoms with Gasteiger partial charge in [-0.2, -0.15) is 5.26 Å². The van der Waals surface area contributed by atoms with E-state index in [1.165, 1.54) is 0 Å². The van der Waals surface area contributed by atoms with Crippen molar-refractivity contribution in [2.45, 2.75) is 43.0 Å². The summed E-state index contributed by atoms with van der Waals surface area (Å²) in [5.41, 5.74) is 0.418. The predicted octanol–water partition coefficient (Wildman–Crippen LogP) is 2.23. The van der Waals surface area contributed by atoms with Gasteiger partial charge in [0, 0.05) is 40.5 Å². The van der Waals surface area contributed by atoms with Gasteiger partial charge in [-0.25, -0.2) is 0 Å². The van der Waals surface area contributed by atoms with Crippen molar-refractivity contribution in [3.8, 4) is 6.07 Å². The Hall–Kier alpha value is -2.33. The molecule has 0 fully saturated rings. The van der Waals surface area contributed by atoms with E-state index in [0.717, 1.165) is 38.1 Å². The average Bonchev–Trinajstić information content (AvgIpc) is 2.84. The Morgan fingerprint density at radius 2 is 2.00 bits per heavy atom. The number of fused-ring (bicyclic) bond motifs is 1. The molecule has 0 aliphatic carbocycles. The van der Waals surface area contributed by atoms with Gasteiger partial charge in [0.1, 0.15) is 5.82 Å². The highest BCUT2D eigenvalue weighted by atomic mass is 32.2. The van der Waals surface area contributed by atoms with Gasteiger partial charge >= 0.3 is 0 Å². The zero-order valence-corrected chi connectivity index (χ0v) is 14.3. The SMILES string of the molecule is C[S@@](=O)c1ccc(C(=O)[C@@H](C#N)c2nnc3n2CCCCC3)cc1. The number of aryl methyl sites for hydroxylation is 1. The van der Waals surface area contributed by atoms with Gasteiger partial charge in [-0.1, -0.05) is 18.6 Å². The standard InChI is InChI=1S/C17H18N4O2S/c1-24(23)13-8-6-12(7-9-13)16(22)14(11-18)17-20-19-15-5-3-2-4-10-21(15)17/h6-9,14H,2-5,10H2,1H3/t14-,24-/m1/s1. The molecule has 0 saturated heterocycles. The number of benzene rings is 1. The molecule has 2 heterocycles. The zero-order valence-electron chi connectivity index (χ0n) is 13.4. The number of rotatable bonds is 4. The van der Waals surface area contributed by atoms with Crippen molar-refractivity contribution in [2.24, 2.45) is 0 Å². The second kappa shape index (κ2) is 7.05. The topological polar surface area (TPSA) is 88.6 Å². The van der Waals surface area contributed by atoms with E-state index in [9.17, 15) is 14.3 Å². The molecule has 0 radical (unpaired) electrons. The molecule has 24 heavy (non-hydrogen) atoms. The summed E-state index contributed by atoms with van der Waals surface area (Å²) in [6, 6.07) is 8.62. The molecule has 0 spiro atoms. The maximum absolute atomic E-state index is 12.7. The van der Waals surface area contributed by atoms with Crippen molar-refractivity contribution in [3.63, 3.8) is 0 Å². The third kappa shape index (κ3) is 3.15. The minimum atomic E-state index is -1.10. The molecular formula is C17H18N4O2S. The molecular weight excluding hydrogens is 324 g/mol. The van der Waals surface area contributed by atoms with Crippen molar-refractivity contribution in [1.29, 1.82) is 5.26 Å². The van der Waals surface area contributed by atoms with Crippen LogP contribution in [0.3, 0.4) is 0 Å². The smallest absolute Gasteiger partial charge is 0.187 e. The van der Waals surface area contributed by atoms with Crippen LogP contribution in [-0.4, -0.2) is 31.0 Å². The summed E-state index contributed by atoms with van der Waals surface area (Å²) in [5.74, 6) is 0.0162. The van der Waals surface area contributed by atoms with Crippen LogP contribution in [0.1, 0.15) is 47.2 Å². The first-order chi connectivity index (χ1) is 11.6. The zero-order chi connectivity index (χ0) is 17.1. The highest BCUT2D eigenvalue weighted by Crippen LogP contribution is 2.23. The third-order valence-corrected chi connectivity index (χ3v) is 5.19. The van der Waals surface area contributed by atoms with Crippen LogP contribution in [0.15, 0.2) is 29.2 Å². The lowest BCUT2D eigenvalue weighted by Gasteiger charge is -2.11. The predicted molar refractivity (Wildman–Crippen MR) is 89.0 cm³/mol. The monoisotopic (exact) mass is 342 g/mol. The normalized spacial score (nSPS) is 16.5. The van der Waals surface area contributed by atoms with Crippen molar-refractivity contribution < 1.29 is 9.00 Å². The minimum Gasteiger partial charge on any atom is -0.313 e. The van der Waals surface area contributed by atoms with E-state index in [2.05, 4.69) is 16.3 Å². The fourth-order valence-corrected chi connectivity index (χ4v) is 3.45. The molecule has 1 aliphatic rings. The number of ketones is 1. The summed E-state index contributed by atoms with van der Waals surface area (Å²) >= 11 is 0. The quantitative estimate of drug-likeness (QED) is 0.795. The van der Waals surface area contributed by atoms with E-state index in [1.807, 2.05) is 4.57 Å². The molecule has 3 rings (SSSR count). The first-order valence-corrected chi connectivity index (χ1v) is 9.47. The van der Waals surface area contributed by atoms with Crippen LogP contribution in [0, 0.1) is 11.3 Å². The Balaban J connectivity index is 1.92. The summed E-state index contributed by atoms with van der Waals surface area (Å²) in [6.45, 7) is 0.747. The summed E-state index contributed by atoms with van der Waals surface area (Å²) in [6.07, 6.45) is 5.58. The van der Waals surface area contributed by atoms with Crippen LogP contribution in [0.25, 0.3) is 0 Å². The largest absolute Gasteiger partial charge is 0.313 e. The lowest BCUT2D eigenvalue weighted by atomic mass is 9.98. The van der Waals surface area contributed by atoms with Crippen LogP contribution >= 0.6 is 0 Å². The maximum Gasteiger partial charge on any atom is 0.187 e. The Kier molecular flexibility index (Phi) is 4.86. The van der Waals surface area contributed by atoms with Gasteiger partial charge in [0.15, 0.2) is 17.5 Å². The second-order valence-corrected chi connectivity index (χ2v) is 7.22. The van der Waals surface area contributed by atoms with E-state index in [-0.39, 0.29) is 5.78 Å². The summed E-state index contributed by atoms with van der Waals surface area (Å²) in [7, 11) is -1.10. The number of hydrogen-bond acceptors (Lipinski definition) is 5. The van der Waals surface area contributed by atoms with Gasteiger partial charge in [0.05, 0.1) is 6.07 Å². The third-order valence-electron chi connectivity index (χ3n) is 4.26. The minimum absolute atomic E-state index is 0.301. The van der Waals surface area contributed by atoms with Gasteiger partial charge in [-0.05, 0) is 25.0 Å². The Morgan fingerprint density at radius 1 is 1.25 bits per heavy atom. The number of aromatic nitrogens is 3.